The van der Waals surface area contributed by atoms with Crippen LogP contribution in [-0.4, -0.2) is 11.8 Å². The van der Waals surface area contributed by atoms with Crippen LogP contribution in [0.2, 0.25) is 0 Å². The summed E-state index contributed by atoms with van der Waals surface area (Å²) in [5.74, 6) is -0.615. The molecule has 0 aliphatic rings. The van der Waals surface area contributed by atoms with Crippen LogP contribution in [0.15, 0.2) is 54.6 Å². The number of amides is 2. The molecule has 7 heteroatoms. The SMILES string of the molecule is CC(C)C(=O)Nc1cccc(CNC(=O)/C=C/c2ccc(C(F)(F)F)cc2)c1. The molecule has 0 fully saturated rings. The van der Waals surface area contributed by atoms with Gasteiger partial charge >= 0.3 is 6.18 Å². The lowest BCUT2D eigenvalue weighted by molar-refractivity contribution is -0.137. The van der Waals surface area contributed by atoms with Crippen LogP contribution in [0.1, 0.15) is 30.5 Å². The van der Waals surface area contributed by atoms with E-state index in [2.05, 4.69) is 10.6 Å². The molecule has 0 saturated heterocycles. The van der Waals surface area contributed by atoms with E-state index in [1.54, 1.807) is 32.0 Å². The first-order valence-electron chi connectivity index (χ1n) is 8.68. The monoisotopic (exact) mass is 390 g/mol. The molecule has 2 aromatic carbocycles. The van der Waals surface area contributed by atoms with Crippen molar-refractivity contribution in [3.8, 4) is 0 Å². The molecule has 0 heterocycles. The highest BCUT2D eigenvalue weighted by atomic mass is 19.4. The fourth-order valence-corrected chi connectivity index (χ4v) is 2.25. The molecule has 0 saturated carbocycles. The molecule has 2 aromatic rings. The largest absolute Gasteiger partial charge is 0.416 e. The van der Waals surface area contributed by atoms with Gasteiger partial charge in [-0.2, -0.15) is 13.2 Å². The first-order chi connectivity index (χ1) is 13.1. The number of halogens is 3. The number of carbonyl (C=O) groups is 2. The number of carbonyl (C=O) groups excluding carboxylic acids is 2. The molecular weight excluding hydrogens is 369 g/mol. The predicted octanol–water partition coefficient (Wildman–Crippen LogP) is 4.63. The van der Waals surface area contributed by atoms with E-state index in [1.165, 1.54) is 24.3 Å². The van der Waals surface area contributed by atoms with E-state index in [-0.39, 0.29) is 24.3 Å². The topological polar surface area (TPSA) is 58.2 Å². The van der Waals surface area contributed by atoms with Crippen molar-refractivity contribution < 1.29 is 22.8 Å². The van der Waals surface area contributed by atoms with Crippen LogP contribution in [0.25, 0.3) is 6.08 Å². The van der Waals surface area contributed by atoms with Gasteiger partial charge in [-0.15, -0.1) is 0 Å². The number of rotatable bonds is 6. The quantitative estimate of drug-likeness (QED) is 0.707. The molecule has 2 rings (SSSR count). The van der Waals surface area contributed by atoms with E-state index >= 15 is 0 Å². The number of hydrogen-bond donors (Lipinski definition) is 2. The van der Waals surface area contributed by atoms with Gasteiger partial charge in [-0.3, -0.25) is 9.59 Å². The van der Waals surface area contributed by atoms with Crippen LogP contribution in [0.5, 0.6) is 0 Å². The van der Waals surface area contributed by atoms with Crippen LogP contribution < -0.4 is 10.6 Å². The van der Waals surface area contributed by atoms with Crippen molar-refractivity contribution in [2.45, 2.75) is 26.6 Å². The van der Waals surface area contributed by atoms with Gasteiger partial charge in [0.05, 0.1) is 5.56 Å². The zero-order valence-corrected chi connectivity index (χ0v) is 15.5. The number of anilines is 1. The summed E-state index contributed by atoms with van der Waals surface area (Å²) < 4.78 is 37.6. The number of alkyl halides is 3. The normalized spacial score (nSPS) is 11.6. The smallest absolute Gasteiger partial charge is 0.348 e. The summed E-state index contributed by atoms with van der Waals surface area (Å²) in [7, 11) is 0. The third kappa shape index (κ3) is 6.57. The second-order valence-electron chi connectivity index (χ2n) is 6.52. The highest BCUT2D eigenvalue weighted by Gasteiger charge is 2.29. The maximum absolute atomic E-state index is 12.5. The Balaban J connectivity index is 1.90. The minimum absolute atomic E-state index is 0.0966. The van der Waals surface area contributed by atoms with Crippen LogP contribution >= 0.6 is 0 Å². The third-order valence-corrected chi connectivity index (χ3v) is 3.85. The van der Waals surface area contributed by atoms with Crippen molar-refractivity contribution in [2.75, 3.05) is 5.32 Å². The van der Waals surface area contributed by atoms with Gasteiger partial charge in [0.15, 0.2) is 0 Å². The zero-order valence-electron chi connectivity index (χ0n) is 15.5. The Bertz CT molecular complexity index is 857. The van der Waals surface area contributed by atoms with E-state index in [9.17, 15) is 22.8 Å². The van der Waals surface area contributed by atoms with Gasteiger partial charge in [-0.25, -0.2) is 0 Å². The molecule has 4 nitrogen and oxygen atoms in total. The summed E-state index contributed by atoms with van der Waals surface area (Å²) >= 11 is 0. The predicted molar refractivity (Wildman–Crippen MR) is 102 cm³/mol. The van der Waals surface area contributed by atoms with E-state index in [0.29, 0.717) is 11.3 Å². The maximum Gasteiger partial charge on any atom is 0.416 e. The standard InChI is InChI=1S/C21H21F3N2O2/c1-14(2)20(28)26-18-5-3-4-16(12-18)13-25-19(27)11-8-15-6-9-17(10-7-15)21(22,23)24/h3-12,14H,13H2,1-2H3,(H,25,27)(H,26,28)/b11-8+. The molecule has 0 atom stereocenters. The molecule has 2 amide bonds. The van der Waals surface area contributed by atoms with Crippen molar-refractivity contribution >= 4 is 23.6 Å². The third-order valence-electron chi connectivity index (χ3n) is 3.85. The lowest BCUT2D eigenvalue weighted by atomic mass is 10.1. The average Bonchev–Trinajstić information content (AvgIpc) is 2.64. The van der Waals surface area contributed by atoms with Gasteiger partial charge in [0.25, 0.3) is 0 Å². The Morgan fingerprint density at radius 1 is 1.07 bits per heavy atom. The van der Waals surface area contributed by atoms with E-state index in [0.717, 1.165) is 17.7 Å². The highest BCUT2D eigenvalue weighted by Crippen LogP contribution is 2.29. The summed E-state index contributed by atoms with van der Waals surface area (Å²) in [5.41, 5.74) is 1.20. The van der Waals surface area contributed by atoms with Gasteiger partial charge in [0.2, 0.25) is 11.8 Å². The zero-order chi connectivity index (χ0) is 20.7. The Labute approximate surface area is 161 Å². The summed E-state index contributed by atoms with van der Waals surface area (Å²) in [6.45, 7) is 3.84. The van der Waals surface area contributed by atoms with Crippen molar-refractivity contribution in [3.63, 3.8) is 0 Å². The number of hydrogen-bond acceptors (Lipinski definition) is 2. The Hall–Kier alpha value is -3.09. The van der Waals surface area contributed by atoms with Gasteiger partial charge < -0.3 is 10.6 Å². The minimum atomic E-state index is -4.39. The molecule has 0 aliphatic heterocycles. The first kappa shape index (κ1) is 21.2. The fraction of sp³-hybridized carbons (Fsp3) is 0.238. The fourth-order valence-electron chi connectivity index (χ4n) is 2.25. The Morgan fingerprint density at radius 3 is 2.36 bits per heavy atom. The van der Waals surface area contributed by atoms with Crippen molar-refractivity contribution in [1.82, 2.24) is 5.32 Å². The molecule has 148 valence electrons. The molecule has 0 aromatic heterocycles. The molecule has 28 heavy (non-hydrogen) atoms. The summed E-state index contributed by atoms with van der Waals surface area (Å²) in [5, 5.41) is 5.48. The van der Waals surface area contributed by atoms with E-state index in [4.69, 9.17) is 0 Å². The molecule has 0 radical (unpaired) electrons. The van der Waals surface area contributed by atoms with Gasteiger partial charge in [-0.05, 0) is 41.5 Å². The minimum Gasteiger partial charge on any atom is -0.348 e. The number of benzene rings is 2. The van der Waals surface area contributed by atoms with Crippen LogP contribution in [0, 0.1) is 5.92 Å². The number of nitrogens with one attached hydrogen (secondary N) is 2. The lowest BCUT2D eigenvalue weighted by Gasteiger charge is -2.09. The van der Waals surface area contributed by atoms with Gasteiger partial charge in [0, 0.05) is 24.2 Å². The van der Waals surface area contributed by atoms with E-state index < -0.39 is 11.7 Å². The van der Waals surface area contributed by atoms with Crippen molar-refractivity contribution in [2.24, 2.45) is 5.92 Å². The molecule has 0 aliphatic carbocycles. The van der Waals surface area contributed by atoms with Crippen molar-refractivity contribution in [1.29, 1.82) is 0 Å². The molecule has 2 N–H and O–H groups in total. The summed E-state index contributed by atoms with van der Waals surface area (Å²) in [6.07, 6.45) is -1.69. The molecule has 0 unspecified atom stereocenters. The summed E-state index contributed by atoms with van der Waals surface area (Å²) in [4.78, 5) is 23.7. The van der Waals surface area contributed by atoms with Crippen LogP contribution in [0.4, 0.5) is 18.9 Å². The van der Waals surface area contributed by atoms with Crippen molar-refractivity contribution in [3.05, 3.63) is 71.3 Å². The summed E-state index contributed by atoms with van der Waals surface area (Å²) in [6, 6.07) is 11.6. The second-order valence-corrected chi connectivity index (χ2v) is 6.52. The highest BCUT2D eigenvalue weighted by molar-refractivity contribution is 5.92. The Kier molecular flexibility index (Phi) is 6.98. The van der Waals surface area contributed by atoms with E-state index in [1.807, 2.05) is 6.07 Å². The Morgan fingerprint density at radius 2 is 1.75 bits per heavy atom. The first-order valence-corrected chi connectivity index (χ1v) is 8.68. The lowest BCUT2D eigenvalue weighted by Crippen LogP contribution is -2.21. The van der Waals surface area contributed by atoms with Crippen LogP contribution in [-0.2, 0) is 22.3 Å². The average molecular weight is 390 g/mol. The van der Waals surface area contributed by atoms with Gasteiger partial charge in [-0.1, -0.05) is 38.1 Å². The van der Waals surface area contributed by atoms with Gasteiger partial charge in [0.1, 0.15) is 0 Å². The second kappa shape index (κ2) is 9.21. The maximum atomic E-state index is 12.5. The molecule has 0 bridgehead atoms. The molecular formula is C21H21F3N2O2. The molecule has 0 spiro atoms. The van der Waals surface area contributed by atoms with Crippen LogP contribution in [0.3, 0.4) is 0 Å².